The van der Waals surface area contributed by atoms with Crippen LogP contribution in [0.2, 0.25) is 5.02 Å². The van der Waals surface area contributed by atoms with Crippen molar-refractivity contribution in [3.05, 3.63) is 47.0 Å². The Morgan fingerprint density at radius 2 is 2.06 bits per heavy atom. The van der Waals surface area contributed by atoms with E-state index in [1.807, 2.05) is 36.0 Å². The van der Waals surface area contributed by atoms with E-state index in [4.69, 9.17) is 11.6 Å². The van der Waals surface area contributed by atoms with Crippen LogP contribution in [0.3, 0.4) is 0 Å². The molecular formula is C11H13ClN4. The van der Waals surface area contributed by atoms with Crippen molar-refractivity contribution in [2.24, 2.45) is 0 Å². The van der Waals surface area contributed by atoms with Gasteiger partial charge in [-0.1, -0.05) is 23.7 Å². The van der Waals surface area contributed by atoms with Gasteiger partial charge in [-0.15, -0.1) is 0 Å². The highest BCUT2D eigenvalue weighted by atomic mass is 35.5. The van der Waals surface area contributed by atoms with E-state index in [-0.39, 0.29) is 0 Å². The summed E-state index contributed by atoms with van der Waals surface area (Å²) in [5.74, 6) is 0.928. The summed E-state index contributed by atoms with van der Waals surface area (Å²) >= 11 is 5.83. The minimum atomic E-state index is 0.716. The quantitative estimate of drug-likeness (QED) is 0.879. The van der Waals surface area contributed by atoms with Crippen LogP contribution in [0.1, 0.15) is 11.4 Å². The third-order valence-corrected chi connectivity index (χ3v) is 2.53. The Kier molecular flexibility index (Phi) is 3.54. The maximum atomic E-state index is 5.83. The van der Waals surface area contributed by atoms with Gasteiger partial charge in [-0.25, -0.2) is 9.67 Å². The van der Waals surface area contributed by atoms with Crippen LogP contribution in [0.5, 0.6) is 0 Å². The van der Waals surface area contributed by atoms with E-state index >= 15 is 0 Å². The molecule has 0 spiro atoms. The van der Waals surface area contributed by atoms with Gasteiger partial charge in [0.2, 0.25) is 0 Å². The van der Waals surface area contributed by atoms with Gasteiger partial charge < -0.3 is 5.32 Å². The molecule has 0 radical (unpaired) electrons. The Balaban J connectivity index is 2.13. The first-order valence-electron chi connectivity index (χ1n) is 5.05. The third kappa shape index (κ3) is 2.59. The molecule has 0 saturated carbocycles. The third-order valence-electron chi connectivity index (χ3n) is 2.28. The van der Waals surface area contributed by atoms with Gasteiger partial charge in [0, 0.05) is 5.02 Å². The van der Waals surface area contributed by atoms with Crippen LogP contribution < -0.4 is 5.32 Å². The van der Waals surface area contributed by atoms with E-state index < -0.39 is 0 Å². The molecule has 84 valence electrons. The average Bonchev–Trinajstić information content (AvgIpc) is 2.70. The summed E-state index contributed by atoms with van der Waals surface area (Å²) in [5.41, 5.74) is 1.16. The molecule has 2 rings (SSSR count). The molecule has 0 aliphatic carbocycles. The van der Waals surface area contributed by atoms with Crippen LogP contribution in [0.25, 0.3) is 0 Å². The van der Waals surface area contributed by atoms with Crippen molar-refractivity contribution in [3.63, 3.8) is 0 Å². The summed E-state index contributed by atoms with van der Waals surface area (Å²) in [6.45, 7) is 1.43. The van der Waals surface area contributed by atoms with E-state index in [0.717, 1.165) is 16.4 Å². The van der Waals surface area contributed by atoms with Gasteiger partial charge in [0.1, 0.15) is 12.2 Å². The first-order valence-corrected chi connectivity index (χ1v) is 5.43. The zero-order chi connectivity index (χ0) is 11.4. The molecule has 0 amide bonds. The first kappa shape index (κ1) is 11.1. The molecule has 0 aliphatic rings. The largest absolute Gasteiger partial charge is 0.313 e. The topological polar surface area (TPSA) is 42.7 Å². The fourth-order valence-electron chi connectivity index (χ4n) is 1.48. The van der Waals surface area contributed by atoms with Gasteiger partial charge in [-0.3, -0.25) is 0 Å². The number of hydrogen-bond acceptors (Lipinski definition) is 3. The normalized spacial score (nSPS) is 10.6. The minimum Gasteiger partial charge on any atom is -0.313 e. The van der Waals surface area contributed by atoms with Crippen molar-refractivity contribution in [2.75, 3.05) is 7.05 Å². The SMILES string of the molecule is CNCc1ncnn1Cc1ccc(Cl)cc1. The standard InChI is InChI=1S/C11H13ClN4/c1-13-6-11-14-8-15-16(11)7-9-2-4-10(12)5-3-9/h2-5,8,13H,6-7H2,1H3. The highest BCUT2D eigenvalue weighted by Crippen LogP contribution is 2.10. The number of rotatable bonds is 4. The Bertz CT molecular complexity index is 449. The minimum absolute atomic E-state index is 0.716. The predicted molar refractivity (Wildman–Crippen MR) is 63.3 cm³/mol. The summed E-state index contributed by atoms with van der Waals surface area (Å²) in [6, 6.07) is 7.75. The zero-order valence-corrected chi connectivity index (χ0v) is 9.78. The van der Waals surface area contributed by atoms with Gasteiger partial charge in [0.05, 0.1) is 13.1 Å². The monoisotopic (exact) mass is 236 g/mol. The van der Waals surface area contributed by atoms with Gasteiger partial charge in [0.15, 0.2) is 0 Å². The predicted octanol–water partition coefficient (Wildman–Crippen LogP) is 1.70. The van der Waals surface area contributed by atoms with Crippen molar-refractivity contribution >= 4 is 11.6 Å². The van der Waals surface area contributed by atoms with E-state index in [9.17, 15) is 0 Å². The molecule has 0 aliphatic heterocycles. The van der Waals surface area contributed by atoms with Crippen molar-refractivity contribution < 1.29 is 0 Å². The summed E-state index contributed by atoms with van der Waals surface area (Å²) in [7, 11) is 1.89. The van der Waals surface area contributed by atoms with Gasteiger partial charge in [0.25, 0.3) is 0 Å². The number of aromatic nitrogens is 3. The van der Waals surface area contributed by atoms with E-state index in [2.05, 4.69) is 15.4 Å². The van der Waals surface area contributed by atoms with Crippen LogP contribution in [0.4, 0.5) is 0 Å². The molecule has 1 heterocycles. The van der Waals surface area contributed by atoms with Crippen LogP contribution >= 0.6 is 11.6 Å². The number of halogens is 1. The lowest BCUT2D eigenvalue weighted by molar-refractivity contribution is 0.613. The van der Waals surface area contributed by atoms with Gasteiger partial charge in [-0.2, -0.15) is 5.10 Å². The molecule has 0 unspecified atom stereocenters. The van der Waals surface area contributed by atoms with Crippen LogP contribution in [-0.4, -0.2) is 21.8 Å². The molecule has 1 N–H and O–H groups in total. The molecule has 0 fully saturated rings. The molecule has 4 nitrogen and oxygen atoms in total. The molecule has 0 atom stereocenters. The Labute approximate surface area is 99.3 Å². The lowest BCUT2D eigenvalue weighted by Gasteiger charge is -2.05. The second-order valence-electron chi connectivity index (χ2n) is 3.49. The second kappa shape index (κ2) is 5.09. The van der Waals surface area contributed by atoms with Crippen molar-refractivity contribution in [1.82, 2.24) is 20.1 Å². The zero-order valence-electron chi connectivity index (χ0n) is 9.02. The molecule has 5 heteroatoms. The fraction of sp³-hybridized carbons (Fsp3) is 0.273. The number of benzene rings is 1. The molecule has 1 aromatic heterocycles. The van der Waals surface area contributed by atoms with Crippen molar-refractivity contribution in [3.8, 4) is 0 Å². The molecule has 1 aromatic carbocycles. The summed E-state index contributed by atoms with van der Waals surface area (Å²) in [5, 5.41) is 7.99. The number of nitrogens with one attached hydrogen (secondary N) is 1. The lowest BCUT2D eigenvalue weighted by Crippen LogP contribution is -2.13. The second-order valence-corrected chi connectivity index (χ2v) is 3.93. The maximum Gasteiger partial charge on any atom is 0.141 e. The molecule has 0 bridgehead atoms. The first-order chi connectivity index (χ1) is 7.79. The van der Waals surface area contributed by atoms with Crippen molar-refractivity contribution in [2.45, 2.75) is 13.1 Å². The summed E-state index contributed by atoms with van der Waals surface area (Å²) in [6.07, 6.45) is 1.57. The fourth-order valence-corrected chi connectivity index (χ4v) is 1.60. The number of hydrogen-bond donors (Lipinski definition) is 1. The molecule has 2 aromatic rings. The van der Waals surface area contributed by atoms with E-state index in [1.54, 1.807) is 6.33 Å². The lowest BCUT2D eigenvalue weighted by atomic mass is 10.2. The Morgan fingerprint density at radius 1 is 1.31 bits per heavy atom. The highest BCUT2D eigenvalue weighted by Gasteiger charge is 2.03. The molecular weight excluding hydrogens is 224 g/mol. The summed E-state index contributed by atoms with van der Waals surface area (Å²) < 4.78 is 1.87. The van der Waals surface area contributed by atoms with Crippen LogP contribution in [-0.2, 0) is 13.1 Å². The molecule has 0 saturated heterocycles. The van der Waals surface area contributed by atoms with Crippen LogP contribution in [0.15, 0.2) is 30.6 Å². The highest BCUT2D eigenvalue weighted by molar-refractivity contribution is 6.30. The Morgan fingerprint density at radius 3 is 2.75 bits per heavy atom. The van der Waals surface area contributed by atoms with Crippen LogP contribution in [0, 0.1) is 0 Å². The average molecular weight is 237 g/mol. The van der Waals surface area contributed by atoms with E-state index in [1.165, 1.54) is 0 Å². The Hall–Kier alpha value is -1.39. The molecule has 16 heavy (non-hydrogen) atoms. The number of nitrogens with zero attached hydrogens (tertiary/aromatic N) is 3. The van der Waals surface area contributed by atoms with E-state index in [0.29, 0.717) is 13.1 Å². The van der Waals surface area contributed by atoms with Gasteiger partial charge in [-0.05, 0) is 24.7 Å². The summed E-state index contributed by atoms with van der Waals surface area (Å²) in [4.78, 5) is 4.18. The van der Waals surface area contributed by atoms with Crippen molar-refractivity contribution in [1.29, 1.82) is 0 Å². The smallest absolute Gasteiger partial charge is 0.141 e. The maximum absolute atomic E-state index is 5.83. The van der Waals surface area contributed by atoms with Gasteiger partial charge >= 0.3 is 0 Å².